The molecule has 0 aliphatic heterocycles. The van der Waals surface area contributed by atoms with Crippen molar-refractivity contribution < 1.29 is 24.0 Å². The summed E-state index contributed by atoms with van der Waals surface area (Å²) in [5, 5.41) is 19.6. The van der Waals surface area contributed by atoms with Gasteiger partial charge in [-0.05, 0) is 49.4 Å². The highest BCUT2D eigenvalue weighted by molar-refractivity contribution is 6.40. The van der Waals surface area contributed by atoms with Crippen molar-refractivity contribution in [3.63, 3.8) is 0 Å². The number of nitrogens with zero attached hydrogens (tertiary/aromatic N) is 2. The lowest BCUT2D eigenvalue weighted by Crippen LogP contribution is -2.33. The molecule has 0 saturated heterocycles. The molecule has 3 amide bonds. The Bertz CT molecular complexity index is 1330. The Morgan fingerprint density at radius 1 is 1.03 bits per heavy atom. The number of hydrogen-bond donors (Lipinski definition) is 3. The minimum Gasteiger partial charge on any atom is -0.494 e. The number of carbonyl (C=O) groups excluding carboxylic acids is 3. The smallest absolute Gasteiger partial charge is 0.329 e. The fourth-order valence-corrected chi connectivity index (χ4v) is 3.12. The summed E-state index contributed by atoms with van der Waals surface area (Å²) in [6.45, 7) is 2.38. The zero-order valence-electron chi connectivity index (χ0n) is 18.9. The SMILES string of the molecule is CCOc1ccc(NC(=O)c2ccccc2NC(=O)C(=O)N/N=C\c2ccc(Cl)c([N+](=O)[O-])c2)cc1. The number of benzene rings is 3. The number of hydrazone groups is 1. The van der Waals surface area contributed by atoms with E-state index in [1.165, 1.54) is 24.3 Å². The second-order valence-corrected chi connectivity index (χ2v) is 7.49. The topological polar surface area (TPSA) is 152 Å². The molecule has 3 rings (SSSR count). The van der Waals surface area contributed by atoms with Gasteiger partial charge in [0.05, 0.1) is 29.0 Å². The van der Waals surface area contributed by atoms with E-state index in [2.05, 4.69) is 15.7 Å². The zero-order chi connectivity index (χ0) is 26.1. The first kappa shape index (κ1) is 25.8. The Morgan fingerprint density at radius 2 is 1.75 bits per heavy atom. The van der Waals surface area contributed by atoms with Gasteiger partial charge in [-0.2, -0.15) is 5.10 Å². The highest BCUT2D eigenvalue weighted by Gasteiger charge is 2.18. The summed E-state index contributed by atoms with van der Waals surface area (Å²) in [6, 6.07) is 16.8. The second-order valence-electron chi connectivity index (χ2n) is 7.08. The Kier molecular flexibility index (Phi) is 8.68. The lowest BCUT2D eigenvalue weighted by molar-refractivity contribution is -0.384. The predicted molar refractivity (Wildman–Crippen MR) is 134 cm³/mol. The molecule has 0 atom stereocenters. The fraction of sp³-hybridized carbons (Fsp3) is 0.0833. The largest absolute Gasteiger partial charge is 0.494 e. The maximum atomic E-state index is 12.8. The van der Waals surface area contributed by atoms with Gasteiger partial charge in [-0.25, -0.2) is 5.43 Å². The molecule has 12 heteroatoms. The third-order valence-electron chi connectivity index (χ3n) is 4.60. The summed E-state index contributed by atoms with van der Waals surface area (Å²) in [5.74, 6) is -2.03. The van der Waals surface area contributed by atoms with Crippen LogP contribution in [0.25, 0.3) is 0 Å². The van der Waals surface area contributed by atoms with E-state index in [-0.39, 0.29) is 27.5 Å². The Balaban J connectivity index is 1.63. The molecule has 0 aliphatic rings. The number of hydrogen-bond acceptors (Lipinski definition) is 7. The number of para-hydroxylation sites is 1. The molecule has 0 spiro atoms. The highest BCUT2D eigenvalue weighted by Crippen LogP contribution is 2.24. The van der Waals surface area contributed by atoms with Crippen LogP contribution in [0.5, 0.6) is 5.75 Å². The van der Waals surface area contributed by atoms with Gasteiger partial charge >= 0.3 is 11.8 Å². The average molecular weight is 510 g/mol. The average Bonchev–Trinajstić information content (AvgIpc) is 2.86. The monoisotopic (exact) mass is 509 g/mol. The number of nitro benzene ring substituents is 1. The van der Waals surface area contributed by atoms with E-state index in [1.54, 1.807) is 36.4 Å². The minimum atomic E-state index is -1.11. The number of nitrogens with one attached hydrogen (secondary N) is 3. The van der Waals surface area contributed by atoms with E-state index in [9.17, 15) is 24.5 Å². The summed E-state index contributed by atoms with van der Waals surface area (Å²) in [7, 11) is 0. The molecule has 0 bridgehead atoms. The highest BCUT2D eigenvalue weighted by atomic mass is 35.5. The molecule has 0 saturated carbocycles. The quantitative estimate of drug-likeness (QED) is 0.181. The summed E-state index contributed by atoms with van der Waals surface area (Å²) in [4.78, 5) is 47.5. The van der Waals surface area contributed by atoms with Gasteiger partial charge in [0.25, 0.3) is 11.6 Å². The first-order valence-electron chi connectivity index (χ1n) is 10.5. The Morgan fingerprint density at radius 3 is 2.44 bits per heavy atom. The molecule has 36 heavy (non-hydrogen) atoms. The van der Waals surface area contributed by atoms with Crippen LogP contribution < -0.4 is 20.8 Å². The lowest BCUT2D eigenvalue weighted by Gasteiger charge is -2.11. The van der Waals surface area contributed by atoms with E-state index in [0.29, 0.717) is 18.0 Å². The fourth-order valence-electron chi connectivity index (χ4n) is 2.93. The van der Waals surface area contributed by atoms with Crippen molar-refractivity contribution in [1.82, 2.24) is 5.43 Å². The molecule has 3 aromatic carbocycles. The summed E-state index contributed by atoms with van der Waals surface area (Å²) in [5.41, 5.74) is 2.73. The van der Waals surface area contributed by atoms with Crippen LogP contribution in [0.1, 0.15) is 22.8 Å². The molecule has 0 aliphatic carbocycles. The van der Waals surface area contributed by atoms with Crippen molar-refractivity contribution in [3.8, 4) is 5.75 Å². The summed E-state index contributed by atoms with van der Waals surface area (Å²) < 4.78 is 5.37. The number of halogens is 1. The third kappa shape index (κ3) is 6.87. The number of amides is 3. The number of carbonyl (C=O) groups is 3. The van der Waals surface area contributed by atoms with Crippen LogP contribution >= 0.6 is 11.6 Å². The van der Waals surface area contributed by atoms with Gasteiger partial charge in [-0.15, -0.1) is 0 Å². The molecule has 0 aromatic heterocycles. The van der Waals surface area contributed by atoms with Crippen molar-refractivity contribution >= 4 is 52.6 Å². The normalized spacial score (nSPS) is 10.5. The van der Waals surface area contributed by atoms with Gasteiger partial charge in [0.2, 0.25) is 0 Å². The maximum Gasteiger partial charge on any atom is 0.329 e. The summed E-state index contributed by atoms with van der Waals surface area (Å²) in [6.07, 6.45) is 1.12. The Labute approximate surface area is 210 Å². The number of anilines is 2. The molecule has 3 aromatic rings. The predicted octanol–water partition coefficient (Wildman–Crippen LogP) is 3.99. The van der Waals surface area contributed by atoms with Crippen molar-refractivity contribution in [3.05, 3.63) is 93.0 Å². The zero-order valence-corrected chi connectivity index (χ0v) is 19.6. The van der Waals surface area contributed by atoms with Crippen LogP contribution in [0.3, 0.4) is 0 Å². The maximum absolute atomic E-state index is 12.8. The van der Waals surface area contributed by atoms with Crippen LogP contribution in [0.2, 0.25) is 5.02 Å². The Hall–Kier alpha value is -4.77. The molecule has 0 fully saturated rings. The summed E-state index contributed by atoms with van der Waals surface area (Å²) >= 11 is 5.75. The van der Waals surface area contributed by atoms with Gasteiger partial charge in [0.1, 0.15) is 10.8 Å². The van der Waals surface area contributed by atoms with Crippen LogP contribution in [-0.4, -0.2) is 35.5 Å². The van der Waals surface area contributed by atoms with E-state index in [0.717, 1.165) is 12.3 Å². The van der Waals surface area contributed by atoms with Gasteiger partial charge in [0, 0.05) is 17.3 Å². The van der Waals surface area contributed by atoms with Gasteiger partial charge < -0.3 is 15.4 Å². The van der Waals surface area contributed by atoms with E-state index in [1.807, 2.05) is 12.3 Å². The molecule has 11 nitrogen and oxygen atoms in total. The lowest BCUT2D eigenvalue weighted by atomic mass is 10.1. The molecule has 0 unspecified atom stereocenters. The van der Waals surface area contributed by atoms with E-state index < -0.39 is 22.6 Å². The molecule has 0 heterocycles. The molecular formula is C24H20ClN5O6. The minimum absolute atomic E-state index is 0.0502. The first-order valence-corrected chi connectivity index (χ1v) is 10.9. The van der Waals surface area contributed by atoms with Crippen LogP contribution in [0.15, 0.2) is 71.8 Å². The molecule has 184 valence electrons. The van der Waals surface area contributed by atoms with Crippen molar-refractivity contribution in [2.75, 3.05) is 17.2 Å². The molecular weight excluding hydrogens is 490 g/mol. The van der Waals surface area contributed by atoms with E-state index >= 15 is 0 Å². The van der Waals surface area contributed by atoms with Crippen LogP contribution in [0, 0.1) is 10.1 Å². The van der Waals surface area contributed by atoms with Gasteiger partial charge in [-0.3, -0.25) is 24.5 Å². The van der Waals surface area contributed by atoms with Crippen LogP contribution in [0.4, 0.5) is 17.1 Å². The standard InChI is InChI=1S/C24H20ClN5O6/c1-2-36-17-10-8-16(9-11-17)27-22(31)18-5-3-4-6-20(18)28-23(32)24(33)29-26-14-15-7-12-19(25)21(13-15)30(34)35/h3-14H,2H2,1H3,(H,27,31)(H,28,32)(H,29,33)/b26-14-. The third-order valence-corrected chi connectivity index (χ3v) is 4.92. The first-order chi connectivity index (χ1) is 17.3. The number of ether oxygens (including phenoxy) is 1. The van der Waals surface area contributed by atoms with E-state index in [4.69, 9.17) is 16.3 Å². The van der Waals surface area contributed by atoms with Crippen molar-refractivity contribution in [1.29, 1.82) is 0 Å². The van der Waals surface area contributed by atoms with Crippen molar-refractivity contribution in [2.24, 2.45) is 5.10 Å². The second kappa shape index (κ2) is 12.1. The number of nitro groups is 1. The van der Waals surface area contributed by atoms with Crippen LogP contribution in [-0.2, 0) is 9.59 Å². The number of rotatable bonds is 8. The van der Waals surface area contributed by atoms with Gasteiger partial charge in [0.15, 0.2) is 0 Å². The molecule has 0 radical (unpaired) electrons. The molecule has 3 N–H and O–H groups in total. The van der Waals surface area contributed by atoms with Crippen molar-refractivity contribution in [2.45, 2.75) is 6.92 Å². The van der Waals surface area contributed by atoms with Gasteiger partial charge in [-0.1, -0.05) is 29.8 Å².